The molecule has 1 atom stereocenters. The molecule has 5 heteroatoms. The van der Waals surface area contributed by atoms with Gasteiger partial charge in [0, 0.05) is 28.4 Å². The summed E-state index contributed by atoms with van der Waals surface area (Å²) in [4.78, 5) is 25.3. The van der Waals surface area contributed by atoms with Crippen LogP contribution in [0, 0.1) is 0 Å². The van der Waals surface area contributed by atoms with Gasteiger partial charge in [-0.1, -0.05) is 35.9 Å². The number of fused-ring (bicyclic) bond motifs is 1. The van der Waals surface area contributed by atoms with Crippen LogP contribution >= 0.6 is 11.3 Å². The number of ketones is 1. The van der Waals surface area contributed by atoms with E-state index >= 15 is 0 Å². The van der Waals surface area contributed by atoms with Crippen LogP contribution in [0.5, 0.6) is 0 Å². The SMILES string of the molecule is CC(=O)C1=C(C)Cc2sc(C(N)=O)c(N)c2C1c1ccccc1. The van der Waals surface area contributed by atoms with Crippen molar-refractivity contribution >= 4 is 28.7 Å². The monoisotopic (exact) mass is 326 g/mol. The maximum absolute atomic E-state index is 12.3. The summed E-state index contributed by atoms with van der Waals surface area (Å²) in [6, 6.07) is 9.78. The van der Waals surface area contributed by atoms with Gasteiger partial charge in [-0.05, 0) is 19.4 Å². The zero-order chi connectivity index (χ0) is 16.7. The molecule has 0 saturated carbocycles. The Bertz CT molecular complexity index is 834. The molecule has 2 aromatic rings. The fourth-order valence-corrected chi connectivity index (χ4v) is 4.54. The van der Waals surface area contributed by atoms with E-state index < -0.39 is 5.91 Å². The summed E-state index contributed by atoms with van der Waals surface area (Å²) in [7, 11) is 0. The van der Waals surface area contributed by atoms with E-state index in [2.05, 4.69) is 0 Å². The van der Waals surface area contributed by atoms with Crippen molar-refractivity contribution in [2.24, 2.45) is 5.73 Å². The molecule has 1 aliphatic carbocycles. The molecule has 1 heterocycles. The van der Waals surface area contributed by atoms with Crippen molar-refractivity contribution in [2.45, 2.75) is 26.2 Å². The number of primary amides is 1. The van der Waals surface area contributed by atoms with Crippen molar-refractivity contribution in [2.75, 3.05) is 5.73 Å². The van der Waals surface area contributed by atoms with Crippen LogP contribution in [-0.4, -0.2) is 11.7 Å². The van der Waals surface area contributed by atoms with E-state index in [1.165, 1.54) is 11.3 Å². The Morgan fingerprint density at radius 1 is 1.22 bits per heavy atom. The second-order valence-corrected chi connectivity index (χ2v) is 6.92. The summed E-state index contributed by atoms with van der Waals surface area (Å²) in [5, 5.41) is 0. The largest absolute Gasteiger partial charge is 0.397 e. The van der Waals surface area contributed by atoms with Crippen molar-refractivity contribution in [3.63, 3.8) is 0 Å². The summed E-state index contributed by atoms with van der Waals surface area (Å²) in [6.45, 7) is 3.55. The van der Waals surface area contributed by atoms with Crippen molar-refractivity contribution in [1.29, 1.82) is 0 Å². The zero-order valence-electron chi connectivity index (χ0n) is 13.1. The molecule has 3 rings (SSSR count). The number of rotatable bonds is 3. The minimum absolute atomic E-state index is 0.0354. The third-order valence-corrected chi connectivity index (χ3v) is 5.50. The van der Waals surface area contributed by atoms with Crippen molar-refractivity contribution < 1.29 is 9.59 Å². The summed E-state index contributed by atoms with van der Waals surface area (Å²) in [5.41, 5.74) is 15.8. The quantitative estimate of drug-likeness (QED) is 0.909. The number of hydrogen-bond acceptors (Lipinski definition) is 4. The van der Waals surface area contributed by atoms with Gasteiger partial charge < -0.3 is 11.5 Å². The first-order valence-corrected chi connectivity index (χ1v) is 8.19. The Morgan fingerprint density at radius 2 is 1.87 bits per heavy atom. The second-order valence-electron chi connectivity index (χ2n) is 5.82. The van der Waals surface area contributed by atoms with Crippen LogP contribution in [0.3, 0.4) is 0 Å². The van der Waals surface area contributed by atoms with Crippen LogP contribution in [0.25, 0.3) is 0 Å². The molecule has 1 aromatic heterocycles. The van der Waals surface area contributed by atoms with Gasteiger partial charge in [-0.15, -0.1) is 11.3 Å². The van der Waals surface area contributed by atoms with Gasteiger partial charge in [0.05, 0.1) is 5.69 Å². The highest BCUT2D eigenvalue weighted by atomic mass is 32.1. The average Bonchev–Trinajstić information content (AvgIpc) is 2.83. The Balaban J connectivity index is 2.29. The Hall–Kier alpha value is -2.40. The molecule has 1 aromatic carbocycles. The smallest absolute Gasteiger partial charge is 0.260 e. The standard InChI is InChI=1S/C18H18N2O2S/c1-9-8-12-15(16(19)17(23-12)18(20)22)14(13(9)10(2)21)11-6-4-3-5-7-11/h3-7,14H,8,19H2,1-2H3,(H2,20,22). The molecule has 0 radical (unpaired) electrons. The third kappa shape index (κ3) is 2.47. The molecular formula is C18H18N2O2S. The molecule has 0 fully saturated rings. The molecule has 1 unspecified atom stereocenters. The van der Waals surface area contributed by atoms with Crippen LogP contribution in [0.1, 0.15) is 45.4 Å². The first kappa shape index (κ1) is 15.5. The van der Waals surface area contributed by atoms with Crippen LogP contribution < -0.4 is 11.5 Å². The number of amides is 1. The summed E-state index contributed by atoms with van der Waals surface area (Å²) in [5.74, 6) is -0.717. The van der Waals surface area contributed by atoms with Crippen molar-refractivity contribution in [1.82, 2.24) is 0 Å². The average molecular weight is 326 g/mol. The molecule has 118 valence electrons. The van der Waals surface area contributed by atoms with E-state index in [0.717, 1.165) is 27.2 Å². The number of anilines is 1. The van der Waals surface area contributed by atoms with E-state index in [1.807, 2.05) is 37.3 Å². The van der Waals surface area contributed by atoms with Crippen LogP contribution in [-0.2, 0) is 11.2 Å². The first-order chi connectivity index (χ1) is 10.9. The lowest BCUT2D eigenvalue weighted by Gasteiger charge is -2.27. The summed E-state index contributed by atoms with van der Waals surface area (Å²) < 4.78 is 0. The molecule has 0 bridgehead atoms. The van der Waals surface area contributed by atoms with Gasteiger partial charge in [-0.25, -0.2) is 0 Å². The van der Waals surface area contributed by atoms with Crippen molar-refractivity contribution in [3.8, 4) is 0 Å². The molecule has 0 spiro atoms. The predicted octanol–water partition coefficient (Wildman–Crippen LogP) is 3.02. The van der Waals surface area contributed by atoms with E-state index in [0.29, 0.717) is 17.0 Å². The topological polar surface area (TPSA) is 86.2 Å². The lowest BCUT2D eigenvalue weighted by atomic mass is 9.76. The van der Waals surface area contributed by atoms with Gasteiger partial charge in [0.2, 0.25) is 0 Å². The van der Waals surface area contributed by atoms with Gasteiger partial charge >= 0.3 is 0 Å². The number of nitrogen functional groups attached to an aromatic ring is 1. The van der Waals surface area contributed by atoms with E-state index in [4.69, 9.17) is 11.5 Å². The van der Waals surface area contributed by atoms with Gasteiger partial charge in [-0.3, -0.25) is 9.59 Å². The Labute approximate surface area is 138 Å². The fraction of sp³-hybridized carbons (Fsp3) is 0.222. The maximum Gasteiger partial charge on any atom is 0.260 e. The Kier molecular flexibility index (Phi) is 3.82. The maximum atomic E-state index is 12.3. The lowest BCUT2D eigenvalue weighted by Crippen LogP contribution is -2.19. The first-order valence-electron chi connectivity index (χ1n) is 7.38. The highest BCUT2D eigenvalue weighted by molar-refractivity contribution is 7.15. The number of thiophene rings is 1. The highest BCUT2D eigenvalue weighted by Gasteiger charge is 2.35. The second kappa shape index (κ2) is 5.66. The van der Waals surface area contributed by atoms with Gasteiger partial charge in [0.15, 0.2) is 5.78 Å². The van der Waals surface area contributed by atoms with Crippen molar-refractivity contribution in [3.05, 3.63) is 62.4 Å². The summed E-state index contributed by atoms with van der Waals surface area (Å²) in [6.07, 6.45) is 0.635. The Morgan fingerprint density at radius 3 is 2.43 bits per heavy atom. The number of carbonyl (C=O) groups is 2. The van der Waals surface area contributed by atoms with Crippen LogP contribution in [0.4, 0.5) is 5.69 Å². The molecule has 0 aliphatic heterocycles. The molecule has 1 aliphatic rings. The van der Waals surface area contributed by atoms with E-state index in [-0.39, 0.29) is 11.7 Å². The predicted molar refractivity (Wildman–Crippen MR) is 92.6 cm³/mol. The van der Waals surface area contributed by atoms with E-state index in [1.54, 1.807) is 6.92 Å². The molecule has 4 N–H and O–H groups in total. The normalized spacial score (nSPS) is 17.0. The van der Waals surface area contributed by atoms with Gasteiger partial charge in [0.25, 0.3) is 5.91 Å². The number of carbonyl (C=O) groups excluding carboxylic acids is 2. The minimum atomic E-state index is -0.518. The molecule has 1 amide bonds. The van der Waals surface area contributed by atoms with Crippen LogP contribution in [0.2, 0.25) is 0 Å². The van der Waals surface area contributed by atoms with E-state index in [9.17, 15) is 9.59 Å². The fourth-order valence-electron chi connectivity index (χ4n) is 3.35. The number of Topliss-reactive ketones (excluding diaryl/α,β-unsaturated/α-hetero) is 1. The minimum Gasteiger partial charge on any atom is -0.397 e. The lowest BCUT2D eigenvalue weighted by molar-refractivity contribution is -0.113. The number of hydrogen-bond donors (Lipinski definition) is 2. The molecule has 23 heavy (non-hydrogen) atoms. The molecule has 0 saturated heterocycles. The zero-order valence-corrected chi connectivity index (χ0v) is 13.9. The third-order valence-electron chi connectivity index (χ3n) is 4.26. The summed E-state index contributed by atoms with van der Waals surface area (Å²) >= 11 is 1.34. The number of benzene rings is 1. The van der Waals surface area contributed by atoms with Gasteiger partial charge in [0.1, 0.15) is 4.88 Å². The number of nitrogens with two attached hydrogens (primary N) is 2. The van der Waals surface area contributed by atoms with Crippen LogP contribution in [0.15, 0.2) is 41.5 Å². The van der Waals surface area contributed by atoms with Gasteiger partial charge in [-0.2, -0.15) is 0 Å². The highest BCUT2D eigenvalue weighted by Crippen LogP contribution is 2.47. The number of allylic oxidation sites excluding steroid dienone is 2. The molecular weight excluding hydrogens is 308 g/mol. The molecule has 4 nitrogen and oxygen atoms in total.